The lowest BCUT2D eigenvalue weighted by Crippen LogP contribution is -2.37. The van der Waals surface area contributed by atoms with Crippen molar-refractivity contribution < 1.29 is 9.59 Å². The van der Waals surface area contributed by atoms with E-state index in [9.17, 15) is 9.59 Å². The van der Waals surface area contributed by atoms with Crippen molar-refractivity contribution in [3.05, 3.63) is 18.0 Å². The fraction of sp³-hybridized carbons (Fsp3) is 0.538. The molecule has 1 heterocycles. The molecule has 0 aliphatic carbocycles. The number of hydrogen-bond acceptors (Lipinski definition) is 3. The Labute approximate surface area is 113 Å². The minimum Gasteiger partial charge on any atom is -0.397 e. The third-order valence-corrected chi connectivity index (χ3v) is 2.64. The van der Waals surface area contributed by atoms with Crippen molar-refractivity contribution in [1.29, 1.82) is 0 Å². The van der Waals surface area contributed by atoms with Crippen LogP contribution in [0.4, 0.5) is 5.69 Å². The van der Waals surface area contributed by atoms with Gasteiger partial charge in [-0.1, -0.05) is 6.92 Å². The predicted molar refractivity (Wildman–Crippen MR) is 74.9 cm³/mol. The lowest BCUT2D eigenvalue weighted by Gasteiger charge is -2.12. The fourth-order valence-electron chi connectivity index (χ4n) is 1.69. The van der Waals surface area contributed by atoms with Crippen LogP contribution in [-0.4, -0.2) is 29.5 Å². The zero-order chi connectivity index (χ0) is 14.4. The lowest BCUT2D eigenvalue weighted by molar-refractivity contribution is -0.120. The summed E-state index contributed by atoms with van der Waals surface area (Å²) in [6.45, 7) is 6.48. The van der Waals surface area contributed by atoms with Crippen LogP contribution in [0.2, 0.25) is 0 Å². The number of carbonyl (C=O) groups is 2. The molecule has 106 valence electrons. The van der Waals surface area contributed by atoms with Gasteiger partial charge in [-0.2, -0.15) is 0 Å². The Balaban J connectivity index is 2.61. The molecule has 1 aromatic heterocycles. The van der Waals surface area contributed by atoms with E-state index in [4.69, 9.17) is 5.73 Å². The van der Waals surface area contributed by atoms with Gasteiger partial charge in [-0.15, -0.1) is 0 Å². The van der Waals surface area contributed by atoms with Crippen LogP contribution in [0.5, 0.6) is 0 Å². The Hall–Kier alpha value is -1.98. The van der Waals surface area contributed by atoms with Crippen molar-refractivity contribution in [3.63, 3.8) is 0 Å². The van der Waals surface area contributed by atoms with Crippen molar-refractivity contribution in [1.82, 2.24) is 15.2 Å². The van der Waals surface area contributed by atoms with E-state index in [-0.39, 0.29) is 24.4 Å². The van der Waals surface area contributed by atoms with Crippen molar-refractivity contribution in [3.8, 4) is 0 Å². The molecular formula is C13H22N4O2. The van der Waals surface area contributed by atoms with Gasteiger partial charge >= 0.3 is 0 Å². The highest BCUT2D eigenvalue weighted by molar-refractivity contribution is 5.96. The molecule has 1 aromatic rings. The molecule has 6 heteroatoms. The van der Waals surface area contributed by atoms with E-state index in [1.807, 2.05) is 20.8 Å². The molecule has 0 bridgehead atoms. The summed E-state index contributed by atoms with van der Waals surface area (Å²) in [5.74, 6) is -0.483. The number of nitrogens with two attached hydrogens (primary N) is 1. The van der Waals surface area contributed by atoms with Gasteiger partial charge in [0.2, 0.25) is 5.91 Å². The van der Waals surface area contributed by atoms with Gasteiger partial charge in [-0.3, -0.25) is 9.59 Å². The molecule has 0 aliphatic rings. The van der Waals surface area contributed by atoms with Crippen LogP contribution in [0.1, 0.15) is 43.7 Å². The third kappa shape index (κ3) is 4.31. The van der Waals surface area contributed by atoms with E-state index in [1.165, 1.54) is 0 Å². The van der Waals surface area contributed by atoms with Crippen LogP contribution in [0.3, 0.4) is 0 Å². The molecule has 0 unspecified atom stereocenters. The first-order chi connectivity index (χ1) is 8.95. The predicted octanol–water partition coefficient (Wildman–Crippen LogP) is 0.907. The number of anilines is 1. The number of hydrogen-bond donors (Lipinski definition) is 3. The topological polar surface area (TPSA) is 89.2 Å². The number of rotatable bonds is 6. The number of nitrogen functional groups attached to an aromatic ring is 1. The molecule has 0 spiro atoms. The Morgan fingerprint density at radius 1 is 1.37 bits per heavy atom. The van der Waals surface area contributed by atoms with E-state index >= 15 is 0 Å². The van der Waals surface area contributed by atoms with Crippen LogP contribution in [0, 0.1) is 0 Å². The Morgan fingerprint density at radius 3 is 2.63 bits per heavy atom. The maximum atomic E-state index is 12.0. The first kappa shape index (κ1) is 15.1. The molecule has 0 atom stereocenters. The minimum absolute atomic E-state index is 0.0258. The second-order valence-corrected chi connectivity index (χ2v) is 4.69. The minimum atomic E-state index is -0.294. The van der Waals surface area contributed by atoms with E-state index in [2.05, 4.69) is 10.6 Å². The quantitative estimate of drug-likeness (QED) is 0.715. The van der Waals surface area contributed by atoms with Gasteiger partial charge in [0, 0.05) is 18.8 Å². The van der Waals surface area contributed by atoms with Gasteiger partial charge in [0.25, 0.3) is 5.91 Å². The summed E-state index contributed by atoms with van der Waals surface area (Å²) < 4.78 is 1.79. The van der Waals surface area contributed by atoms with Crippen LogP contribution < -0.4 is 16.4 Å². The fourth-order valence-corrected chi connectivity index (χ4v) is 1.69. The summed E-state index contributed by atoms with van der Waals surface area (Å²) in [6.07, 6.45) is 2.59. The third-order valence-electron chi connectivity index (χ3n) is 2.64. The molecule has 2 amide bonds. The van der Waals surface area contributed by atoms with Crippen molar-refractivity contribution in [2.24, 2.45) is 0 Å². The summed E-state index contributed by atoms with van der Waals surface area (Å²) in [5, 5.41) is 5.29. The lowest BCUT2D eigenvalue weighted by atomic mass is 10.3. The molecule has 6 nitrogen and oxygen atoms in total. The van der Waals surface area contributed by atoms with Crippen molar-refractivity contribution >= 4 is 17.5 Å². The number of amides is 2. The molecular weight excluding hydrogens is 244 g/mol. The van der Waals surface area contributed by atoms with E-state index in [0.717, 1.165) is 6.42 Å². The molecule has 0 aromatic carbocycles. The van der Waals surface area contributed by atoms with Gasteiger partial charge in [0.05, 0.1) is 12.2 Å². The monoisotopic (exact) mass is 266 g/mol. The smallest absolute Gasteiger partial charge is 0.268 e. The Morgan fingerprint density at radius 2 is 2.05 bits per heavy atom. The highest BCUT2D eigenvalue weighted by Gasteiger charge is 2.15. The van der Waals surface area contributed by atoms with Gasteiger partial charge in [-0.25, -0.2) is 0 Å². The Bertz CT molecular complexity index is 451. The summed E-state index contributed by atoms with van der Waals surface area (Å²) in [7, 11) is 0. The zero-order valence-corrected chi connectivity index (χ0v) is 11.7. The van der Waals surface area contributed by atoms with Crippen LogP contribution >= 0.6 is 0 Å². The first-order valence-electron chi connectivity index (χ1n) is 6.48. The highest BCUT2D eigenvalue weighted by atomic mass is 16.2. The van der Waals surface area contributed by atoms with Crippen LogP contribution in [0.25, 0.3) is 0 Å². The normalized spacial score (nSPS) is 10.5. The molecule has 19 heavy (non-hydrogen) atoms. The summed E-state index contributed by atoms with van der Waals surface area (Å²) in [6, 6.07) is 1.74. The molecule has 0 radical (unpaired) electrons. The summed E-state index contributed by atoms with van der Waals surface area (Å²) in [5.41, 5.74) is 6.70. The second-order valence-electron chi connectivity index (χ2n) is 4.69. The average molecular weight is 266 g/mol. The van der Waals surface area contributed by atoms with Crippen molar-refractivity contribution in [2.45, 2.75) is 33.2 Å². The van der Waals surface area contributed by atoms with Crippen molar-refractivity contribution in [2.75, 3.05) is 18.8 Å². The van der Waals surface area contributed by atoms with E-state index in [0.29, 0.717) is 17.9 Å². The highest BCUT2D eigenvalue weighted by Crippen LogP contribution is 2.16. The molecule has 0 aliphatic heterocycles. The van der Waals surface area contributed by atoms with Crippen LogP contribution in [-0.2, 0) is 4.79 Å². The molecule has 0 fully saturated rings. The maximum absolute atomic E-state index is 12.0. The maximum Gasteiger partial charge on any atom is 0.268 e. The first-order valence-corrected chi connectivity index (χ1v) is 6.48. The Kier molecular flexibility index (Phi) is 5.41. The largest absolute Gasteiger partial charge is 0.397 e. The zero-order valence-electron chi connectivity index (χ0n) is 11.7. The molecule has 0 saturated heterocycles. The SMILES string of the molecule is CCCNC(=O)CNC(=O)c1cc(N)cn1C(C)C. The van der Waals surface area contributed by atoms with Crippen LogP contribution in [0.15, 0.2) is 12.3 Å². The standard InChI is InChI=1S/C13H22N4O2/c1-4-5-15-12(18)7-16-13(19)11-6-10(14)8-17(11)9(2)3/h6,8-9H,4-5,7,14H2,1-3H3,(H,15,18)(H,16,19). The average Bonchev–Trinajstić information content (AvgIpc) is 2.75. The second kappa shape index (κ2) is 6.82. The number of nitrogens with one attached hydrogen (secondary N) is 2. The number of carbonyl (C=O) groups excluding carboxylic acids is 2. The van der Waals surface area contributed by atoms with Gasteiger partial charge < -0.3 is 20.9 Å². The van der Waals surface area contributed by atoms with Gasteiger partial charge in [0.15, 0.2) is 0 Å². The van der Waals surface area contributed by atoms with E-state index in [1.54, 1.807) is 16.8 Å². The molecule has 0 saturated carbocycles. The van der Waals surface area contributed by atoms with Gasteiger partial charge in [-0.05, 0) is 26.3 Å². The summed E-state index contributed by atoms with van der Waals surface area (Å²) >= 11 is 0. The number of aromatic nitrogens is 1. The molecule has 4 N–H and O–H groups in total. The summed E-state index contributed by atoms with van der Waals surface area (Å²) in [4.78, 5) is 23.4. The molecule has 1 rings (SSSR count). The van der Waals surface area contributed by atoms with Gasteiger partial charge in [0.1, 0.15) is 5.69 Å². The number of nitrogens with zero attached hydrogens (tertiary/aromatic N) is 1. The van der Waals surface area contributed by atoms with E-state index < -0.39 is 0 Å².